The Balaban J connectivity index is 1.99. The fraction of sp³-hybridized carbons (Fsp3) is 0.478. The van der Waals surface area contributed by atoms with E-state index < -0.39 is 6.16 Å². The topological polar surface area (TPSA) is 55.8 Å². The van der Waals surface area contributed by atoms with E-state index in [9.17, 15) is 14.0 Å². The van der Waals surface area contributed by atoms with Gasteiger partial charge >= 0.3 is 6.16 Å². The zero-order valence-corrected chi connectivity index (χ0v) is 18.6. The first kappa shape index (κ1) is 22.3. The Hall–Kier alpha value is -2.41. The van der Waals surface area contributed by atoms with Crippen molar-refractivity contribution in [2.45, 2.75) is 52.5 Å². The molecule has 3 rings (SSSR count). The summed E-state index contributed by atoms with van der Waals surface area (Å²) in [5, 5.41) is 0.568. The molecule has 0 bridgehead atoms. The van der Waals surface area contributed by atoms with Crippen molar-refractivity contribution in [2.75, 3.05) is 12.0 Å². The summed E-state index contributed by atoms with van der Waals surface area (Å²) in [6, 6.07) is 7.68. The van der Waals surface area contributed by atoms with Crippen LogP contribution in [0, 0.1) is 17.7 Å². The van der Waals surface area contributed by atoms with Crippen LogP contribution in [0.5, 0.6) is 5.75 Å². The number of halogens is 1. The van der Waals surface area contributed by atoms with Crippen LogP contribution in [0.15, 0.2) is 30.3 Å². The van der Waals surface area contributed by atoms with Crippen LogP contribution in [0.1, 0.15) is 46.5 Å². The van der Waals surface area contributed by atoms with E-state index in [1.54, 1.807) is 23.1 Å². The number of benzene rings is 1. The maximum atomic E-state index is 13.5. The number of ether oxygens (including phenoxy) is 2. The molecule has 0 radical (unpaired) electrons. The lowest BCUT2D eigenvalue weighted by atomic mass is 9.82. The molecule has 1 aromatic carbocycles. The highest BCUT2D eigenvalue weighted by atomic mass is 32.1. The van der Waals surface area contributed by atoms with Crippen LogP contribution in [0.3, 0.4) is 0 Å². The van der Waals surface area contributed by atoms with Gasteiger partial charge in [0.05, 0.1) is 7.11 Å². The normalized spacial score (nSPS) is 18.9. The van der Waals surface area contributed by atoms with Gasteiger partial charge < -0.3 is 9.47 Å². The Kier molecular flexibility index (Phi) is 7.13. The Morgan fingerprint density at radius 2 is 1.77 bits per heavy atom. The molecule has 1 heterocycles. The van der Waals surface area contributed by atoms with Crippen molar-refractivity contribution in [3.8, 4) is 16.2 Å². The van der Waals surface area contributed by atoms with E-state index in [0.717, 1.165) is 36.1 Å². The number of thiophene rings is 1. The number of methoxy groups -OCH3 is 1. The highest BCUT2D eigenvalue weighted by molar-refractivity contribution is 7.20. The summed E-state index contributed by atoms with van der Waals surface area (Å²) in [6.07, 6.45) is 2.97. The molecule has 5 nitrogen and oxygen atoms in total. The van der Waals surface area contributed by atoms with Crippen molar-refractivity contribution in [3.63, 3.8) is 0 Å². The summed E-state index contributed by atoms with van der Waals surface area (Å²) < 4.78 is 23.4. The van der Waals surface area contributed by atoms with Crippen molar-refractivity contribution >= 4 is 28.4 Å². The van der Waals surface area contributed by atoms with E-state index in [-0.39, 0.29) is 29.4 Å². The van der Waals surface area contributed by atoms with E-state index in [4.69, 9.17) is 4.74 Å². The molecular weight excluding hydrogens is 405 g/mol. The first-order valence-electron chi connectivity index (χ1n) is 10.3. The van der Waals surface area contributed by atoms with E-state index in [0.29, 0.717) is 10.9 Å². The molecule has 1 aromatic heterocycles. The largest absolute Gasteiger partial charge is 0.513 e. The number of nitrogens with zero attached hydrogens (tertiary/aromatic N) is 1. The van der Waals surface area contributed by atoms with Gasteiger partial charge in [0.15, 0.2) is 5.75 Å². The summed E-state index contributed by atoms with van der Waals surface area (Å²) in [6.45, 7) is 6.11. The summed E-state index contributed by atoms with van der Waals surface area (Å²) in [7, 11) is 1.24. The maximum Gasteiger partial charge on any atom is 0.513 e. The quantitative estimate of drug-likeness (QED) is 0.522. The lowest BCUT2D eigenvalue weighted by molar-refractivity contribution is -0.123. The SMILES string of the molecule is COC(=O)Oc1cc(-c2ccc(F)cc2)sc1N(C(=O)C1CCC(C)CC1)C(C)C. The second kappa shape index (κ2) is 9.60. The minimum Gasteiger partial charge on any atom is -0.437 e. The molecular formula is C23H28FNO4S. The van der Waals surface area contributed by atoms with Gasteiger partial charge in [-0.05, 0) is 63.1 Å². The fourth-order valence-corrected chi connectivity index (χ4v) is 5.01. The van der Waals surface area contributed by atoms with E-state index in [1.165, 1.54) is 30.6 Å². The molecule has 30 heavy (non-hydrogen) atoms. The molecule has 1 fully saturated rings. The van der Waals surface area contributed by atoms with E-state index in [2.05, 4.69) is 11.7 Å². The minimum absolute atomic E-state index is 0.0362. The Morgan fingerprint density at radius 3 is 2.33 bits per heavy atom. The molecule has 1 amide bonds. The van der Waals surface area contributed by atoms with E-state index >= 15 is 0 Å². The van der Waals surface area contributed by atoms with Crippen LogP contribution in [-0.2, 0) is 9.53 Å². The molecule has 0 aliphatic heterocycles. The molecule has 1 saturated carbocycles. The second-order valence-electron chi connectivity index (χ2n) is 8.10. The number of carbonyl (C=O) groups is 2. The predicted molar refractivity (Wildman–Crippen MR) is 116 cm³/mol. The van der Waals surface area contributed by atoms with Crippen LogP contribution in [0.2, 0.25) is 0 Å². The first-order chi connectivity index (χ1) is 14.3. The zero-order valence-electron chi connectivity index (χ0n) is 17.8. The number of hydrogen-bond acceptors (Lipinski definition) is 5. The summed E-state index contributed by atoms with van der Waals surface area (Å²) in [5.41, 5.74) is 0.782. The molecule has 1 aliphatic rings. The van der Waals surface area contributed by atoms with Gasteiger partial charge in [-0.25, -0.2) is 9.18 Å². The number of amides is 1. The molecule has 0 saturated heterocycles. The lowest BCUT2D eigenvalue weighted by Gasteiger charge is -2.33. The van der Waals surface area contributed by atoms with Gasteiger partial charge in [0.2, 0.25) is 5.91 Å². The Labute approximate surface area is 180 Å². The van der Waals surface area contributed by atoms with Crippen LogP contribution in [0.4, 0.5) is 14.2 Å². The maximum absolute atomic E-state index is 13.5. The third-order valence-electron chi connectivity index (χ3n) is 5.51. The average molecular weight is 434 g/mol. The Bertz CT molecular complexity index is 885. The Morgan fingerprint density at radius 1 is 1.13 bits per heavy atom. The molecule has 0 unspecified atom stereocenters. The molecule has 0 atom stereocenters. The molecule has 0 spiro atoms. The minimum atomic E-state index is -0.845. The van der Waals surface area contributed by atoms with Crippen LogP contribution in [-0.4, -0.2) is 25.2 Å². The van der Waals surface area contributed by atoms with Gasteiger partial charge in [0.25, 0.3) is 0 Å². The van der Waals surface area contributed by atoms with Gasteiger partial charge in [-0.1, -0.05) is 19.1 Å². The molecule has 162 valence electrons. The smallest absolute Gasteiger partial charge is 0.437 e. The fourth-order valence-electron chi connectivity index (χ4n) is 3.79. The predicted octanol–water partition coefficient (Wildman–Crippen LogP) is 6.27. The van der Waals surface area contributed by atoms with Crippen LogP contribution in [0.25, 0.3) is 10.4 Å². The highest BCUT2D eigenvalue weighted by Crippen LogP contribution is 2.45. The molecule has 0 N–H and O–H groups in total. The van der Waals surface area contributed by atoms with Crippen molar-refractivity contribution in [1.29, 1.82) is 0 Å². The number of anilines is 1. The monoisotopic (exact) mass is 433 g/mol. The first-order valence-corrected chi connectivity index (χ1v) is 11.1. The summed E-state index contributed by atoms with van der Waals surface area (Å²) >= 11 is 1.35. The number of hydrogen-bond donors (Lipinski definition) is 0. The third kappa shape index (κ3) is 5.01. The summed E-state index contributed by atoms with van der Waals surface area (Å²) in [5.74, 6) is 0.612. The second-order valence-corrected chi connectivity index (χ2v) is 9.13. The van der Waals surface area contributed by atoms with Crippen molar-refractivity contribution in [3.05, 3.63) is 36.1 Å². The molecule has 7 heteroatoms. The van der Waals surface area contributed by atoms with Crippen LogP contribution < -0.4 is 9.64 Å². The van der Waals surface area contributed by atoms with Crippen molar-refractivity contribution < 1.29 is 23.5 Å². The zero-order chi connectivity index (χ0) is 21.8. The van der Waals surface area contributed by atoms with Crippen molar-refractivity contribution in [1.82, 2.24) is 0 Å². The molecule has 1 aliphatic carbocycles. The molecule has 2 aromatic rings. The van der Waals surface area contributed by atoms with Gasteiger partial charge in [0.1, 0.15) is 10.8 Å². The lowest BCUT2D eigenvalue weighted by Crippen LogP contribution is -2.42. The number of carbonyl (C=O) groups excluding carboxylic acids is 2. The highest BCUT2D eigenvalue weighted by Gasteiger charge is 2.33. The summed E-state index contributed by atoms with van der Waals surface area (Å²) in [4.78, 5) is 27.8. The van der Waals surface area contributed by atoms with Crippen molar-refractivity contribution in [2.24, 2.45) is 11.8 Å². The standard InChI is InChI=1S/C23H28FNO4S/c1-14(2)25(21(26)17-7-5-15(3)6-8-17)22-19(29-23(27)28-4)13-20(30-22)16-9-11-18(24)12-10-16/h9-15,17H,5-8H2,1-4H3. The number of rotatable bonds is 5. The van der Waals surface area contributed by atoms with Gasteiger partial charge in [-0.2, -0.15) is 0 Å². The average Bonchev–Trinajstić information content (AvgIpc) is 3.11. The van der Waals surface area contributed by atoms with E-state index in [1.807, 2.05) is 13.8 Å². The van der Waals surface area contributed by atoms with Crippen LogP contribution >= 0.6 is 11.3 Å². The van der Waals surface area contributed by atoms with Gasteiger partial charge in [0, 0.05) is 22.9 Å². The van der Waals surface area contributed by atoms with Gasteiger partial charge in [-0.3, -0.25) is 9.69 Å². The third-order valence-corrected chi connectivity index (χ3v) is 6.67. The van der Waals surface area contributed by atoms with Gasteiger partial charge in [-0.15, -0.1) is 11.3 Å².